The maximum atomic E-state index is 9.03. The number of thiophene rings is 1. The van der Waals surface area contributed by atoms with Crippen LogP contribution < -0.4 is 5.19 Å². The third-order valence-electron chi connectivity index (χ3n) is 11.4. The summed E-state index contributed by atoms with van der Waals surface area (Å²) in [5, 5.41) is 3.64. The molecule has 0 atom stereocenters. The van der Waals surface area contributed by atoms with Gasteiger partial charge in [0, 0.05) is 43.5 Å². The van der Waals surface area contributed by atoms with Crippen molar-refractivity contribution in [3.05, 3.63) is 144 Å². The standard InChI is InChI=1S/C31H27N2S.C22H30NSi.Ir/c1-19(2)22-11-9-12-23(20(3)4)30(22)33-27-14-7-6-13-26(27)32-31(33)21-16-17-29-25(18-21)24-10-5-8-15-28(24)34-29;1-17-10-12-19(13-11-17)21-15-20(14-18-8-6-5-7-9-18)22(16-23-21)24(2,3)4;/h5-15,17-20H,1-4H3;10-12,15-16,18H,5-9,14H2,1-4H3;/q2*-1;/i;1D3,14D2;. The van der Waals surface area contributed by atoms with Gasteiger partial charge in [0.2, 0.25) is 0 Å². The van der Waals surface area contributed by atoms with E-state index in [1.807, 2.05) is 23.6 Å². The molecular formula is C53H57IrN3SSi-2. The molecule has 0 N–H and O–H groups in total. The molecule has 0 unspecified atom stereocenters. The van der Waals surface area contributed by atoms with Gasteiger partial charge in [-0.25, -0.2) is 0 Å². The molecule has 59 heavy (non-hydrogen) atoms. The number of benzene rings is 5. The number of hydrogen-bond donors (Lipinski definition) is 0. The summed E-state index contributed by atoms with van der Waals surface area (Å²) in [6.07, 6.45) is 5.68. The third-order valence-corrected chi connectivity index (χ3v) is 14.6. The first-order valence-electron chi connectivity index (χ1n) is 23.4. The maximum Gasteiger partial charge on any atom is 0.0798 e. The average Bonchev–Trinajstić information content (AvgIpc) is 3.84. The van der Waals surface area contributed by atoms with Gasteiger partial charge < -0.3 is 9.55 Å². The predicted octanol–water partition coefficient (Wildman–Crippen LogP) is 14.6. The van der Waals surface area contributed by atoms with Crippen molar-refractivity contribution >= 4 is 55.8 Å². The van der Waals surface area contributed by atoms with E-state index in [0.717, 1.165) is 58.9 Å². The number of hydrogen-bond acceptors (Lipinski definition) is 3. The maximum absolute atomic E-state index is 9.03. The number of rotatable bonds is 8. The zero-order valence-electron chi connectivity index (χ0n) is 40.2. The van der Waals surface area contributed by atoms with Crippen molar-refractivity contribution in [1.82, 2.24) is 14.5 Å². The van der Waals surface area contributed by atoms with Crippen molar-refractivity contribution in [1.29, 1.82) is 0 Å². The van der Waals surface area contributed by atoms with Gasteiger partial charge in [0.15, 0.2) is 0 Å². The molecule has 8 aromatic rings. The number of nitrogens with zero attached hydrogens (tertiary/aromatic N) is 3. The van der Waals surface area contributed by atoms with Crippen LogP contribution in [0, 0.1) is 24.9 Å². The first kappa shape index (κ1) is 36.6. The molecule has 3 heterocycles. The van der Waals surface area contributed by atoms with E-state index in [-0.39, 0.29) is 31.6 Å². The molecule has 5 aromatic carbocycles. The van der Waals surface area contributed by atoms with E-state index in [1.165, 1.54) is 49.5 Å². The monoisotopic (exact) mass is 993 g/mol. The van der Waals surface area contributed by atoms with Gasteiger partial charge >= 0.3 is 0 Å². The second kappa shape index (κ2) is 18.2. The summed E-state index contributed by atoms with van der Waals surface area (Å²) >= 11 is 1.83. The minimum absolute atomic E-state index is 0. The van der Waals surface area contributed by atoms with Crippen LogP contribution in [-0.2, 0) is 26.5 Å². The Morgan fingerprint density at radius 3 is 2.20 bits per heavy atom. The Morgan fingerprint density at radius 2 is 1.51 bits per heavy atom. The van der Waals surface area contributed by atoms with Gasteiger partial charge in [-0.2, -0.15) is 11.3 Å². The molecule has 3 nitrogen and oxygen atoms in total. The SMILES string of the molecule is CC(C)c1cccc(C(C)C)c1-n1c(-c2[c-]cc3sc4ccccc4c3c2)nc2ccccc21.[2H]C([2H])([2H])c1c[c-]c(-c2cc(C([2H])([2H])C3CCCCC3)c([Si](C)(C)C)cn2)cc1.[Ir]. The van der Waals surface area contributed by atoms with Crippen molar-refractivity contribution in [2.45, 2.75) is 105 Å². The molecule has 0 saturated heterocycles. The molecule has 1 aliphatic rings. The molecular weight excluding hydrogens is 931 g/mol. The van der Waals surface area contributed by atoms with Gasteiger partial charge in [-0.15, -0.1) is 59.2 Å². The molecule has 0 amide bonds. The van der Waals surface area contributed by atoms with Crippen molar-refractivity contribution < 1.29 is 27.0 Å². The van der Waals surface area contributed by atoms with E-state index >= 15 is 0 Å². The normalized spacial score (nSPS) is 15.3. The molecule has 1 radical (unpaired) electrons. The number of para-hydroxylation sites is 3. The number of imidazole rings is 1. The molecule has 0 bridgehead atoms. The average molecular weight is 993 g/mol. The summed E-state index contributed by atoms with van der Waals surface area (Å²) in [7, 11) is -1.80. The topological polar surface area (TPSA) is 30.7 Å². The third kappa shape index (κ3) is 9.12. The fourth-order valence-electron chi connectivity index (χ4n) is 8.37. The van der Waals surface area contributed by atoms with E-state index in [4.69, 9.17) is 11.8 Å². The van der Waals surface area contributed by atoms with Gasteiger partial charge in [-0.3, -0.25) is 4.98 Å². The minimum atomic E-state index is -2.16. The fourth-order valence-corrected chi connectivity index (χ4v) is 10.8. The minimum Gasteiger partial charge on any atom is -0.333 e. The van der Waals surface area contributed by atoms with Gasteiger partial charge in [-0.1, -0.05) is 152 Å². The molecule has 3 aromatic heterocycles. The molecule has 1 saturated carbocycles. The molecule has 0 aliphatic heterocycles. The Hall–Kier alpha value is -4.19. The van der Waals surface area contributed by atoms with Crippen molar-refractivity contribution in [2.75, 3.05) is 0 Å². The molecule has 9 rings (SSSR count). The predicted molar refractivity (Wildman–Crippen MR) is 253 cm³/mol. The number of fused-ring (bicyclic) bond motifs is 4. The van der Waals surface area contributed by atoms with Crippen LogP contribution in [0.3, 0.4) is 0 Å². The Labute approximate surface area is 377 Å². The zero-order chi connectivity index (χ0) is 44.8. The van der Waals surface area contributed by atoms with Crippen LogP contribution in [0.1, 0.15) is 101 Å². The second-order valence-electron chi connectivity index (χ2n) is 17.4. The number of aryl methyl sites for hydroxylation is 1. The Morgan fingerprint density at radius 1 is 0.797 bits per heavy atom. The van der Waals surface area contributed by atoms with Gasteiger partial charge in [0.1, 0.15) is 0 Å². The summed E-state index contributed by atoms with van der Waals surface area (Å²) in [6, 6.07) is 41.6. The zero-order valence-corrected chi connectivity index (χ0v) is 39.5. The first-order chi connectivity index (χ1) is 29.9. The van der Waals surface area contributed by atoms with E-state index in [2.05, 4.69) is 148 Å². The van der Waals surface area contributed by atoms with Crippen LogP contribution in [0.15, 0.2) is 109 Å². The van der Waals surface area contributed by atoms with Crippen molar-refractivity contribution in [3.8, 4) is 28.3 Å². The second-order valence-corrected chi connectivity index (χ2v) is 23.5. The van der Waals surface area contributed by atoms with Crippen LogP contribution >= 0.6 is 11.3 Å². The van der Waals surface area contributed by atoms with Crippen molar-refractivity contribution in [2.24, 2.45) is 5.92 Å². The Bertz CT molecular complexity index is 2880. The molecule has 305 valence electrons. The number of aromatic nitrogens is 3. The quantitative estimate of drug-likeness (QED) is 0.112. The largest absolute Gasteiger partial charge is 0.333 e. The van der Waals surface area contributed by atoms with Crippen LogP contribution in [0.25, 0.3) is 59.5 Å². The van der Waals surface area contributed by atoms with E-state index in [0.29, 0.717) is 23.1 Å². The van der Waals surface area contributed by atoms with Gasteiger partial charge in [-0.05, 0) is 74.4 Å². The van der Waals surface area contributed by atoms with Crippen LogP contribution in [0.4, 0.5) is 0 Å². The number of pyridine rings is 1. The summed E-state index contributed by atoms with van der Waals surface area (Å²) in [5.41, 5.74) is 9.49. The summed E-state index contributed by atoms with van der Waals surface area (Å²) < 4.78 is 45.6. The van der Waals surface area contributed by atoms with E-state index < -0.39 is 21.3 Å². The van der Waals surface area contributed by atoms with E-state index in [1.54, 1.807) is 12.1 Å². The van der Waals surface area contributed by atoms with Crippen LogP contribution in [-0.4, -0.2) is 22.6 Å². The van der Waals surface area contributed by atoms with Crippen molar-refractivity contribution in [3.63, 3.8) is 0 Å². The molecule has 1 aliphatic carbocycles. The van der Waals surface area contributed by atoms with Crippen LogP contribution in [0.2, 0.25) is 19.6 Å². The fraction of sp³-hybridized carbons (Fsp3) is 0.321. The summed E-state index contributed by atoms with van der Waals surface area (Å²) in [6.45, 7) is 13.6. The Kier molecular flexibility index (Phi) is 11.3. The first-order valence-corrected chi connectivity index (χ1v) is 25.2. The molecule has 0 spiro atoms. The van der Waals surface area contributed by atoms with E-state index in [9.17, 15) is 0 Å². The molecule has 1 fully saturated rings. The van der Waals surface area contributed by atoms with Gasteiger partial charge in [0.05, 0.1) is 24.9 Å². The Balaban J connectivity index is 0.000000191. The van der Waals surface area contributed by atoms with Crippen LogP contribution in [0.5, 0.6) is 0 Å². The smallest absolute Gasteiger partial charge is 0.0798 e. The molecule has 6 heteroatoms. The van der Waals surface area contributed by atoms with Gasteiger partial charge in [0.25, 0.3) is 0 Å². The summed E-state index contributed by atoms with van der Waals surface area (Å²) in [4.78, 5) is 9.79. The summed E-state index contributed by atoms with van der Waals surface area (Å²) in [5.74, 6) is 1.78.